The van der Waals surface area contributed by atoms with E-state index in [1.54, 1.807) is 18.2 Å². The van der Waals surface area contributed by atoms with Crippen LogP contribution in [0.25, 0.3) is 0 Å². The lowest BCUT2D eigenvalue weighted by Crippen LogP contribution is -2.15. The van der Waals surface area contributed by atoms with Crippen molar-refractivity contribution in [2.24, 2.45) is 0 Å². The molecule has 1 heterocycles. The Labute approximate surface area is 124 Å². The molecule has 98 valence electrons. The third kappa shape index (κ3) is 3.10. The molecule has 0 radical (unpaired) electrons. The van der Waals surface area contributed by atoms with Crippen molar-refractivity contribution in [3.8, 4) is 0 Å². The van der Waals surface area contributed by atoms with Gasteiger partial charge in [-0.25, -0.2) is 4.98 Å². The van der Waals surface area contributed by atoms with Crippen LogP contribution in [0.15, 0.2) is 30.5 Å². The van der Waals surface area contributed by atoms with Gasteiger partial charge in [-0.1, -0.05) is 40.9 Å². The molecule has 1 aromatic carbocycles. The van der Waals surface area contributed by atoms with Crippen molar-refractivity contribution in [1.82, 2.24) is 4.98 Å². The number of amides is 1. The van der Waals surface area contributed by atoms with Crippen molar-refractivity contribution in [3.63, 3.8) is 0 Å². The van der Waals surface area contributed by atoms with E-state index in [1.807, 2.05) is 0 Å². The van der Waals surface area contributed by atoms with Crippen molar-refractivity contribution in [2.45, 2.75) is 0 Å². The fraction of sp³-hybridized carbons (Fsp3) is 0. The average molecular weight is 317 g/mol. The molecule has 0 aliphatic heterocycles. The number of nitrogen functional groups attached to an aromatic ring is 1. The van der Waals surface area contributed by atoms with E-state index in [-0.39, 0.29) is 16.4 Å². The summed E-state index contributed by atoms with van der Waals surface area (Å²) in [6.07, 6.45) is 1.31. The minimum absolute atomic E-state index is 0.171. The molecule has 0 unspecified atom stereocenters. The Hall–Kier alpha value is -1.49. The minimum atomic E-state index is -0.461. The first-order chi connectivity index (χ1) is 8.99. The highest BCUT2D eigenvalue weighted by atomic mass is 35.5. The summed E-state index contributed by atoms with van der Waals surface area (Å²) in [7, 11) is 0. The fourth-order valence-electron chi connectivity index (χ4n) is 1.44. The van der Waals surface area contributed by atoms with Gasteiger partial charge in [0.2, 0.25) is 0 Å². The molecule has 0 atom stereocenters. The molecular formula is C12H8Cl3N3O. The minimum Gasteiger partial charge on any atom is -0.397 e. The normalized spacial score (nSPS) is 10.3. The van der Waals surface area contributed by atoms with E-state index >= 15 is 0 Å². The third-order valence-electron chi connectivity index (χ3n) is 2.35. The molecule has 1 aromatic heterocycles. The molecule has 0 saturated heterocycles. The number of nitrogens with two attached hydrogens (primary N) is 1. The standard InChI is InChI=1S/C12H8Cl3N3O/c13-7-2-1-3-8(14)11(7)18-12(19)6-4-10(15)17-5-9(6)16/h1-5H,16H2,(H,18,19). The van der Waals surface area contributed by atoms with Gasteiger partial charge in [-0.15, -0.1) is 0 Å². The maximum absolute atomic E-state index is 12.1. The van der Waals surface area contributed by atoms with Crippen molar-refractivity contribution in [3.05, 3.63) is 51.2 Å². The van der Waals surface area contributed by atoms with Crippen LogP contribution in [-0.2, 0) is 0 Å². The Morgan fingerprint density at radius 3 is 2.47 bits per heavy atom. The molecule has 1 amide bonds. The van der Waals surface area contributed by atoms with E-state index < -0.39 is 5.91 Å². The SMILES string of the molecule is Nc1cnc(Cl)cc1C(=O)Nc1c(Cl)cccc1Cl. The average Bonchev–Trinajstić information content (AvgIpc) is 2.37. The second kappa shape index (κ2) is 5.65. The number of carbonyl (C=O) groups is 1. The predicted octanol–water partition coefficient (Wildman–Crippen LogP) is 3.88. The number of halogens is 3. The number of nitrogens with zero attached hydrogens (tertiary/aromatic N) is 1. The summed E-state index contributed by atoms with van der Waals surface area (Å²) in [5.74, 6) is -0.461. The van der Waals surface area contributed by atoms with Gasteiger partial charge in [0.15, 0.2) is 0 Å². The van der Waals surface area contributed by atoms with Crippen LogP contribution in [-0.4, -0.2) is 10.9 Å². The van der Waals surface area contributed by atoms with Gasteiger partial charge >= 0.3 is 0 Å². The highest BCUT2D eigenvalue weighted by Crippen LogP contribution is 2.30. The van der Waals surface area contributed by atoms with Crippen LogP contribution in [0.3, 0.4) is 0 Å². The zero-order valence-corrected chi connectivity index (χ0v) is 11.7. The van der Waals surface area contributed by atoms with Gasteiger partial charge in [0.25, 0.3) is 5.91 Å². The summed E-state index contributed by atoms with van der Waals surface area (Å²) >= 11 is 17.7. The quantitative estimate of drug-likeness (QED) is 0.826. The molecule has 0 spiro atoms. The summed E-state index contributed by atoms with van der Waals surface area (Å²) < 4.78 is 0. The first kappa shape index (κ1) is 13.9. The van der Waals surface area contributed by atoms with Crippen LogP contribution in [0.5, 0.6) is 0 Å². The zero-order chi connectivity index (χ0) is 14.0. The number of pyridine rings is 1. The highest BCUT2D eigenvalue weighted by Gasteiger charge is 2.14. The number of para-hydroxylation sites is 1. The molecule has 2 rings (SSSR count). The Morgan fingerprint density at radius 2 is 1.84 bits per heavy atom. The predicted molar refractivity (Wildman–Crippen MR) is 78.1 cm³/mol. The van der Waals surface area contributed by atoms with Gasteiger partial charge in [-0.2, -0.15) is 0 Å². The van der Waals surface area contributed by atoms with E-state index in [0.717, 1.165) is 0 Å². The lowest BCUT2D eigenvalue weighted by atomic mass is 10.2. The molecular weight excluding hydrogens is 309 g/mol. The van der Waals surface area contributed by atoms with Crippen molar-refractivity contribution in [1.29, 1.82) is 0 Å². The number of hydrogen-bond acceptors (Lipinski definition) is 3. The Bertz CT molecular complexity index is 626. The van der Waals surface area contributed by atoms with Crippen LogP contribution < -0.4 is 11.1 Å². The van der Waals surface area contributed by atoms with E-state index in [2.05, 4.69) is 10.3 Å². The smallest absolute Gasteiger partial charge is 0.258 e. The Kier molecular flexibility index (Phi) is 4.14. The largest absolute Gasteiger partial charge is 0.397 e. The molecule has 4 nitrogen and oxygen atoms in total. The number of anilines is 2. The first-order valence-corrected chi connectivity index (χ1v) is 6.29. The third-order valence-corrected chi connectivity index (χ3v) is 3.18. The number of rotatable bonds is 2. The Balaban J connectivity index is 2.34. The van der Waals surface area contributed by atoms with E-state index in [4.69, 9.17) is 40.5 Å². The van der Waals surface area contributed by atoms with Crippen molar-refractivity contribution < 1.29 is 4.79 Å². The molecule has 0 bridgehead atoms. The maximum atomic E-state index is 12.1. The monoisotopic (exact) mass is 315 g/mol. The van der Waals surface area contributed by atoms with Crippen molar-refractivity contribution in [2.75, 3.05) is 11.1 Å². The van der Waals surface area contributed by atoms with Gasteiger partial charge < -0.3 is 11.1 Å². The summed E-state index contributed by atoms with van der Waals surface area (Å²) in [5, 5.41) is 3.43. The summed E-state index contributed by atoms with van der Waals surface area (Å²) in [5.41, 5.74) is 6.41. The van der Waals surface area contributed by atoms with Gasteiger partial charge in [-0.05, 0) is 18.2 Å². The van der Waals surface area contributed by atoms with Crippen molar-refractivity contribution >= 4 is 52.1 Å². The molecule has 0 fully saturated rings. The number of benzene rings is 1. The summed E-state index contributed by atoms with van der Waals surface area (Å²) in [6.45, 7) is 0. The first-order valence-electron chi connectivity index (χ1n) is 5.15. The topological polar surface area (TPSA) is 68.0 Å². The van der Waals surface area contributed by atoms with E-state index in [9.17, 15) is 4.79 Å². The number of carbonyl (C=O) groups excluding carboxylic acids is 1. The molecule has 0 aliphatic carbocycles. The van der Waals surface area contributed by atoms with E-state index in [1.165, 1.54) is 12.3 Å². The highest BCUT2D eigenvalue weighted by molar-refractivity contribution is 6.40. The fourth-order valence-corrected chi connectivity index (χ4v) is 2.09. The number of nitrogens with one attached hydrogen (secondary N) is 1. The van der Waals surface area contributed by atoms with Crippen LogP contribution in [0.2, 0.25) is 15.2 Å². The second-order valence-electron chi connectivity index (χ2n) is 3.65. The lowest BCUT2D eigenvalue weighted by Gasteiger charge is -2.10. The molecule has 0 aliphatic rings. The Morgan fingerprint density at radius 1 is 1.21 bits per heavy atom. The number of hydrogen-bond donors (Lipinski definition) is 2. The van der Waals surface area contributed by atoms with E-state index in [0.29, 0.717) is 15.7 Å². The second-order valence-corrected chi connectivity index (χ2v) is 4.85. The molecule has 3 N–H and O–H groups in total. The number of aromatic nitrogens is 1. The van der Waals surface area contributed by atoms with Crippen LogP contribution in [0.1, 0.15) is 10.4 Å². The van der Waals surface area contributed by atoms with Gasteiger partial charge in [0.1, 0.15) is 5.15 Å². The van der Waals surface area contributed by atoms with Gasteiger partial charge in [0, 0.05) is 0 Å². The molecule has 7 heteroatoms. The molecule has 2 aromatic rings. The molecule has 0 saturated carbocycles. The summed E-state index contributed by atoms with van der Waals surface area (Å²) in [4.78, 5) is 15.9. The summed E-state index contributed by atoms with van der Waals surface area (Å²) in [6, 6.07) is 6.28. The maximum Gasteiger partial charge on any atom is 0.258 e. The van der Waals surface area contributed by atoms with Crippen LogP contribution in [0, 0.1) is 0 Å². The van der Waals surface area contributed by atoms with Gasteiger partial charge in [-0.3, -0.25) is 4.79 Å². The van der Waals surface area contributed by atoms with Crippen LogP contribution in [0.4, 0.5) is 11.4 Å². The van der Waals surface area contributed by atoms with Gasteiger partial charge in [0.05, 0.1) is 33.2 Å². The van der Waals surface area contributed by atoms with Crippen LogP contribution >= 0.6 is 34.8 Å². The lowest BCUT2D eigenvalue weighted by molar-refractivity contribution is 0.102. The zero-order valence-electron chi connectivity index (χ0n) is 9.45. The molecule has 19 heavy (non-hydrogen) atoms.